The molecular formula is C17H26N2O4S. The third-order valence-electron chi connectivity index (χ3n) is 3.94. The summed E-state index contributed by atoms with van der Waals surface area (Å²) < 4.78 is 32.7. The van der Waals surface area contributed by atoms with Gasteiger partial charge in [0, 0.05) is 25.3 Å². The molecule has 0 spiro atoms. The molecule has 1 heterocycles. The molecule has 0 bridgehead atoms. The maximum Gasteiger partial charge on any atom is 0.251 e. The summed E-state index contributed by atoms with van der Waals surface area (Å²) in [4.78, 5) is 12.2. The van der Waals surface area contributed by atoms with Crippen molar-refractivity contribution in [2.24, 2.45) is 5.92 Å². The Bertz CT molecular complexity index is 652. The molecule has 0 radical (unpaired) electrons. The van der Waals surface area contributed by atoms with E-state index in [4.69, 9.17) is 4.74 Å². The molecule has 1 aliphatic rings. The Kier molecular flexibility index (Phi) is 6.77. The standard InChI is InChI=1S/C17H26N2O4S/c1-13(2)8-9-18-17(20)14-5-3-7-16(11-14)24(21,22)19-12-15-6-4-10-23-15/h3,5,7,11,13,15,19H,4,6,8-10,12H2,1-2H3,(H,18,20). The van der Waals surface area contributed by atoms with Crippen LogP contribution in [0.5, 0.6) is 0 Å². The van der Waals surface area contributed by atoms with Crippen molar-refractivity contribution in [3.63, 3.8) is 0 Å². The second-order valence-electron chi connectivity index (χ2n) is 6.45. The van der Waals surface area contributed by atoms with Gasteiger partial charge in [0.25, 0.3) is 5.91 Å². The van der Waals surface area contributed by atoms with Crippen molar-refractivity contribution in [3.05, 3.63) is 29.8 Å². The molecule has 2 rings (SSSR count). The predicted octanol–water partition coefficient (Wildman–Crippen LogP) is 1.92. The Morgan fingerprint density at radius 3 is 2.83 bits per heavy atom. The van der Waals surface area contributed by atoms with Crippen LogP contribution >= 0.6 is 0 Å². The van der Waals surface area contributed by atoms with E-state index in [2.05, 4.69) is 23.9 Å². The Morgan fingerprint density at radius 2 is 2.17 bits per heavy atom. The minimum absolute atomic E-state index is 0.0673. The van der Waals surface area contributed by atoms with Crippen molar-refractivity contribution in [1.29, 1.82) is 0 Å². The summed E-state index contributed by atoms with van der Waals surface area (Å²) in [5.41, 5.74) is 0.346. The van der Waals surface area contributed by atoms with Gasteiger partial charge >= 0.3 is 0 Å². The van der Waals surface area contributed by atoms with Crippen LogP contribution < -0.4 is 10.0 Å². The van der Waals surface area contributed by atoms with E-state index in [0.717, 1.165) is 19.3 Å². The number of benzene rings is 1. The van der Waals surface area contributed by atoms with Crippen LogP contribution in [0.25, 0.3) is 0 Å². The van der Waals surface area contributed by atoms with Crippen LogP contribution in [0.2, 0.25) is 0 Å². The summed E-state index contributed by atoms with van der Waals surface area (Å²) in [7, 11) is -3.65. The van der Waals surface area contributed by atoms with Crippen LogP contribution in [0.3, 0.4) is 0 Å². The molecule has 134 valence electrons. The lowest BCUT2D eigenvalue weighted by Gasteiger charge is -2.12. The first-order valence-corrected chi connectivity index (χ1v) is 9.86. The lowest BCUT2D eigenvalue weighted by atomic mass is 10.1. The lowest BCUT2D eigenvalue weighted by Crippen LogP contribution is -2.32. The van der Waals surface area contributed by atoms with E-state index in [0.29, 0.717) is 24.6 Å². The number of ether oxygens (including phenoxy) is 1. The Morgan fingerprint density at radius 1 is 1.38 bits per heavy atom. The minimum Gasteiger partial charge on any atom is -0.377 e. The van der Waals surface area contributed by atoms with Crippen LogP contribution in [0.1, 0.15) is 43.5 Å². The number of sulfonamides is 1. The molecule has 0 aliphatic carbocycles. The molecule has 0 saturated carbocycles. The summed E-state index contributed by atoms with van der Waals surface area (Å²) in [6, 6.07) is 6.09. The number of hydrogen-bond donors (Lipinski definition) is 2. The molecule has 24 heavy (non-hydrogen) atoms. The topological polar surface area (TPSA) is 84.5 Å². The summed E-state index contributed by atoms with van der Waals surface area (Å²) >= 11 is 0. The van der Waals surface area contributed by atoms with Crippen LogP contribution in [0.4, 0.5) is 0 Å². The Balaban J connectivity index is 1.98. The van der Waals surface area contributed by atoms with Crippen molar-refractivity contribution in [2.75, 3.05) is 19.7 Å². The molecule has 0 aromatic heterocycles. The van der Waals surface area contributed by atoms with Gasteiger partial charge in [-0.3, -0.25) is 4.79 Å². The zero-order valence-electron chi connectivity index (χ0n) is 14.2. The van der Waals surface area contributed by atoms with E-state index in [1.807, 2.05) is 0 Å². The number of hydrogen-bond acceptors (Lipinski definition) is 4. The van der Waals surface area contributed by atoms with Gasteiger partial charge in [-0.15, -0.1) is 0 Å². The van der Waals surface area contributed by atoms with Gasteiger partial charge in [-0.2, -0.15) is 0 Å². The fourth-order valence-electron chi connectivity index (χ4n) is 2.47. The highest BCUT2D eigenvalue weighted by Crippen LogP contribution is 2.14. The van der Waals surface area contributed by atoms with Crippen molar-refractivity contribution in [1.82, 2.24) is 10.0 Å². The minimum atomic E-state index is -3.65. The highest BCUT2D eigenvalue weighted by Gasteiger charge is 2.21. The number of carbonyl (C=O) groups is 1. The highest BCUT2D eigenvalue weighted by atomic mass is 32.2. The zero-order chi connectivity index (χ0) is 17.6. The summed E-state index contributed by atoms with van der Waals surface area (Å²) in [5, 5.41) is 2.81. The fraction of sp³-hybridized carbons (Fsp3) is 0.588. The predicted molar refractivity (Wildman–Crippen MR) is 92.4 cm³/mol. The largest absolute Gasteiger partial charge is 0.377 e. The van der Waals surface area contributed by atoms with Gasteiger partial charge in [-0.1, -0.05) is 19.9 Å². The number of rotatable bonds is 8. The van der Waals surface area contributed by atoms with Gasteiger partial charge in [0.1, 0.15) is 0 Å². The maximum atomic E-state index is 12.4. The van der Waals surface area contributed by atoms with E-state index in [1.54, 1.807) is 12.1 Å². The second-order valence-corrected chi connectivity index (χ2v) is 8.22. The third-order valence-corrected chi connectivity index (χ3v) is 5.36. The van der Waals surface area contributed by atoms with Crippen molar-refractivity contribution < 1.29 is 17.9 Å². The van der Waals surface area contributed by atoms with Crippen molar-refractivity contribution in [2.45, 2.75) is 44.1 Å². The third kappa shape index (κ3) is 5.58. The first kappa shape index (κ1) is 18.9. The molecule has 1 amide bonds. The summed E-state index contributed by atoms with van der Waals surface area (Å²) in [5.74, 6) is 0.242. The molecule has 1 aromatic rings. The van der Waals surface area contributed by atoms with E-state index < -0.39 is 10.0 Å². The average Bonchev–Trinajstić information content (AvgIpc) is 3.06. The molecular weight excluding hydrogens is 328 g/mol. The van der Waals surface area contributed by atoms with Crippen molar-refractivity contribution in [3.8, 4) is 0 Å². The van der Waals surface area contributed by atoms with Gasteiger partial charge < -0.3 is 10.1 Å². The molecule has 2 N–H and O–H groups in total. The van der Waals surface area contributed by atoms with Gasteiger partial charge in [-0.05, 0) is 43.4 Å². The Labute approximate surface area is 144 Å². The average molecular weight is 354 g/mol. The molecule has 1 unspecified atom stereocenters. The monoisotopic (exact) mass is 354 g/mol. The first-order chi connectivity index (χ1) is 11.4. The Hall–Kier alpha value is -1.44. The summed E-state index contributed by atoms with van der Waals surface area (Å²) in [6.45, 7) is 5.68. The van der Waals surface area contributed by atoms with Crippen LogP contribution in [-0.2, 0) is 14.8 Å². The highest BCUT2D eigenvalue weighted by molar-refractivity contribution is 7.89. The summed E-state index contributed by atoms with van der Waals surface area (Å²) in [6.07, 6.45) is 2.63. The molecule has 1 aromatic carbocycles. The van der Waals surface area contributed by atoms with Crippen LogP contribution in [0, 0.1) is 5.92 Å². The number of amides is 1. The number of carbonyl (C=O) groups excluding carboxylic acids is 1. The van der Waals surface area contributed by atoms with Crippen LogP contribution in [0.15, 0.2) is 29.2 Å². The normalized spacial score (nSPS) is 18.0. The zero-order valence-corrected chi connectivity index (χ0v) is 15.1. The smallest absolute Gasteiger partial charge is 0.251 e. The second kappa shape index (κ2) is 8.60. The first-order valence-electron chi connectivity index (χ1n) is 8.38. The van der Waals surface area contributed by atoms with Gasteiger partial charge in [0.15, 0.2) is 0 Å². The van der Waals surface area contributed by atoms with Crippen molar-refractivity contribution >= 4 is 15.9 Å². The lowest BCUT2D eigenvalue weighted by molar-refractivity contribution is 0.0951. The van der Waals surface area contributed by atoms with Gasteiger partial charge in [0.2, 0.25) is 10.0 Å². The number of nitrogens with one attached hydrogen (secondary N) is 2. The van der Waals surface area contributed by atoms with Gasteiger partial charge in [-0.25, -0.2) is 13.1 Å². The molecule has 1 fully saturated rings. The SMILES string of the molecule is CC(C)CCNC(=O)c1cccc(S(=O)(=O)NCC2CCCO2)c1. The van der Waals surface area contributed by atoms with Crippen LogP contribution in [-0.4, -0.2) is 40.1 Å². The van der Waals surface area contributed by atoms with E-state index in [1.165, 1.54) is 12.1 Å². The van der Waals surface area contributed by atoms with E-state index >= 15 is 0 Å². The molecule has 6 nitrogen and oxygen atoms in total. The molecule has 1 saturated heterocycles. The maximum absolute atomic E-state index is 12.4. The van der Waals surface area contributed by atoms with E-state index in [9.17, 15) is 13.2 Å². The molecule has 7 heteroatoms. The molecule has 1 aliphatic heterocycles. The van der Waals surface area contributed by atoms with Gasteiger partial charge in [0.05, 0.1) is 11.0 Å². The quantitative estimate of drug-likeness (QED) is 0.747. The van der Waals surface area contributed by atoms with E-state index in [-0.39, 0.29) is 23.5 Å². The molecule has 1 atom stereocenters. The fourth-order valence-corrected chi connectivity index (χ4v) is 3.58.